The summed E-state index contributed by atoms with van der Waals surface area (Å²) in [4.78, 5) is 24.4. The monoisotopic (exact) mass is 380 g/mol. The van der Waals surface area contributed by atoms with Gasteiger partial charge < -0.3 is 14.0 Å². The van der Waals surface area contributed by atoms with Gasteiger partial charge in [0, 0.05) is 30.1 Å². The first-order valence-corrected chi connectivity index (χ1v) is 8.93. The Morgan fingerprint density at radius 2 is 1.93 bits per heavy atom. The number of Topliss-reactive ketones (excluding diaryl/α,β-unsaturated/α-hetero) is 1. The Morgan fingerprint density at radius 1 is 1.25 bits per heavy atom. The fourth-order valence-corrected chi connectivity index (χ4v) is 3.15. The molecular weight excluding hydrogens is 356 g/mol. The molecule has 146 valence electrons. The standard InChI is InChI=1S/C22H24N2O4/c1-15-11-20(17(3)24(15)16(2)13-27-4)21(25)14-28-22(26)10-9-18-5-7-19(12-23)8-6-18/h5-11,16H,13-14H2,1-4H3/b10-9+/t16-/m1/s1. The number of esters is 1. The van der Waals surface area contributed by atoms with Crippen molar-refractivity contribution in [2.24, 2.45) is 0 Å². The zero-order valence-electron chi connectivity index (χ0n) is 16.6. The van der Waals surface area contributed by atoms with Crippen molar-refractivity contribution < 1.29 is 19.1 Å². The van der Waals surface area contributed by atoms with Crippen LogP contribution in [0.5, 0.6) is 0 Å². The topological polar surface area (TPSA) is 81.3 Å². The van der Waals surface area contributed by atoms with E-state index in [0.29, 0.717) is 17.7 Å². The van der Waals surface area contributed by atoms with Crippen molar-refractivity contribution in [3.05, 3.63) is 64.5 Å². The highest BCUT2D eigenvalue weighted by atomic mass is 16.5. The lowest BCUT2D eigenvalue weighted by Crippen LogP contribution is -2.16. The first kappa shape index (κ1) is 21.1. The molecule has 2 aromatic rings. The summed E-state index contributed by atoms with van der Waals surface area (Å²) >= 11 is 0. The number of nitriles is 1. The first-order chi connectivity index (χ1) is 13.4. The zero-order chi connectivity index (χ0) is 20.7. The molecule has 0 bridgehead atoms. The molecule has 28 heavy (non-hydrogen) atoms. The number of aromatic nitrogens is 1. The van der Waals surface area contributed by atoms with Crippen LogP contribution in [0.25, 0.3) is 6.08 Å². The molecule has 6 heteroatoms. The maximum Gasteiger partial charge on any atom is 0.331 e. The molecule has 2 rings (SSSR count). The average Bonchev–Trinajstić information content (AvgIpc) is 2.99. The van der Waals surface area contributed by atoms with E-state index in [1.54, 1.807) is 37.5 Å². The van der Waals surface area contributed by atoms with Gasteiger partial charge in [-0.2, -0.15) is 5.26 Å². The number of rotatable bonds is 8. The Labute approximate surface area is 165 Å². The molecule has 0 amide bonds. The van der Waals surface area contributed by atoms with E-state index in [2.05, 4.69) is 0 Å². The van der Waals surface area contributed by atoms with Gasteiger partial charge in [0.15, 0.2) is 6.61 Å². The molecule has 0 saturated carbocycles. The highest BCUT2D eigenvalue weighted by Crippen LogP contribution is 2.21. The van der Waals surface area contributed by atoms with Crippen molar-refractivity contribution in [3.63, 3.8) is 0 Å². The molecule has 0 spiro atoms. The van der Waals surface area contributed by atoms with Crippen molar-refractivity contribution in [2.45, 2.75) is 26.8 Å². The maximum absolute atomic E-state index is 12.5. The number of ketones is 1. The number of methoxy groups -OCH3 is 1. The molecule has 0 aliphatic heterocycles. The van der Waals surface area contributed by atoms with Gasteiger partial charge in [-0.15, -0.1) is 0 Å². The van der Waals surface area contributed by atoms with Gasteiger partial charge in [0.2, 0.25) is 5.78 Å². The van der Waals surface area contributed by atoms with Crippen LogP contribution in [0, 0.1) is 25.2 Å². The van der Waals surface area contributed by atoms with Crippen LogP contribution < -0.4 is 0 Å². The Hall–Kier alpha value is -3.17. The van der Waals surface area contributed by atoms with Crippen LogP contribution in [-0.2, 0) is 14.3 Å². The van der Waals surface area contributed by atoms with E-state index < -0.39 is 5.97 Å². The summed E-state index contributed by atoms with van der Waals surface area (Å²) in [6.07, 6.45) is 2.84. The number of carbonyl (C=O) groups is 2. The van der Waals surface area contributed by atoms with E-state index in [1.807, 2.05) is 37.5 Å². The molecule has 0 N–H and O–H groups in total. The minimum Gasteiger partial charge on any atom is -0.454 e. The van der Waals surface area contributed by atoms with Gasteiger partial charge in [0.25, 0.3) is 0 Å². The fourth-order valence-electron chi connectivity index (χ4n) is 3.15. The number of carbonyl (C=O) groups excluding carboxylic acids is 2. The SMILES string of the molecule is COC[C@@H](C)n1c(C)cc(C(=O)COC(=O)/C=C/c2ccc(C#N)cc2)c1C. The smallest absolute Gasteiger partial charge is 0.331 e. The molecular formula is C22H24N2O4. The molecule has 0 aliphatic carbocycles. The summed E-state index contributed by atoms with van der Waals surface area (Å²) in [5.74, 6) is -0.844. The molecule has 1 aromatic heterocycles. The van der Waals surface area contributed by atoms with Gasteiger partial charge >= 0.3 is 5.97 Å². The molecule has 6 nitrogen and oxygen atoms in total. The second-order valence-corrected chi connectivity index (χ2v) is 6.56. The Kier molecular flexibility index (Phi) is 7.30. The summed E-state index contributed by atoms with van der Waals surface area (Å²) in [7, 11) is 1.64. The number of ether oxygens (including phenoxy) is 2. The van der Waals surface area contributed by atoms with E-state index >= 15 is 0 Å². The van der Waals surface area contributed by atoms with Crippen LogP contribution in [0.15, 0.2) is 36.4 Å². The van der Waals surface area contributed by atoms with Gasteiger partial charge in [0.05, 0.1) is 24.3 Å². The highest BCUT2D eigenvalue weighted by Gasteiger charge is 2.19. The molecule has 1 aromatic carbocycles. The van der Waals surface area contributed by atoms with Crippen LogP contribution in [0.2, 0.25) is 0 Å². The Bertz CT molecular complexity index is 917. The van der Waals surface area contributed by atoms with Crippen LogP contribution in [0.4, 0.5) is 0 Å². The number of hydrogen-bond acceptors (Lipinski definition) is 5. The molecule has 0 unspecified atom stereocenters. The second-order valence-electron chi connectivity index (χ2n) is 6.56. The van der Waals surface area contributed by atoms with Gasteiger partial charge in [-0.25, -0.2) is 4.79 Å². The predicted molar refractivity (Wildman–Crippen MR) is 106 cm³/mol. The first-order valence-electron chi connectivity index (χ1n) is 8.93. The molecule has 0 saturated heterocycles. The predicted octanol–water partition coefficient (Wildman–Crippen LogP) is 3.62. The summed E-state index contributed by atoms with van der Waals surface area (Å²) in [6, 6.07) is 10.7. The summed E-state index contributed by atoms with van der Waals surface area (Å²) in [6.45, 7) is 6.05. The molecule has 0 fully saturated rings. The van der Waals surface area contributed by atoms with Crippen LogP contribution in [0.1, 0.15) is 45.8 Å². The van der Waals surface area contributed by atoms with Gasteiger partial charge in [0.1, 0.15) is 0 Å². The summed E-state index contributed by atoms with van der Waals surface area (Å²) < 4.78 is 12.3. The quantitative estimate of drug-likeness (QED) is 0.397. The van der Waals surface area contributed by atoms with Crippen LogP contribution in [0.3, 0.4) is 0 Å². The lowest BCUT2D eigenvalue weighted by Gasteiger charge is -2.17. The summed E-state index contributed by atoms with van der Waals surface area (Å²) in [5, 5.41) is 8.78. The summed E-state index contributed by atoms with van der Waals surface area (Å²) in [5.41, 5.74) is 3.64. The molecule has 0 aliphatic rings. The maximum atomic E-state index is 12.5. The van der Waals surface area contributed by atoms with E-state index in [4.69, 9.17) is 14.7 Å². The minimum absolute atomic E-state index is 0.101. The largest absolute Gasteiger partial charge is 0.454 e. The number of aryl methyl sites for hydroxylation is 1. The third kappa shape index (κ3) is 5.18. The van der Waals surface area contributed by atoms with Crippen molar-refractivity contribution >= 4 is 17.8 Å². The van der Waals surface area contributed by atoms with Crippen molar-refractivity contribution in [1.29, 1.82) is 5.26 Å². The molecule has 1 atom stereocenters. The normalized spacial score (nSPS) is 12.0. The van der Waals surface area contributed by atoms with Crippen molar-refractivity contribution in [3.8, 4) is 6.07 Å². The lowest BCUT2D eigenvalue weighted by molar-refractivity contribution is -0.136. The van der Waals surface area contributed by atoms with E-state index in [-0.39, 0.29) is 18.4 Å². The van der Waals surface area contributed by atoms with Crippen LogP contribution >= 0.6 is 0 Å². The number of hydrogen-bond donors (Lipinski definition) is 0. The Morgan fingerprint density at radius 3 is 2.54 bits per heavy atom. The van der Waals surface area contributed by atoms with Gasteiger partial charge in [-0.3, -0.25) is 4.79 Å². The average molecular weight is 380 g/mol. The second kappa shape index (κ2) is 9.67. The van der Waals surface area contributed by atoms with Gasteiger partial charge in [-0.05, 0) is 50.6 Å². The molecule has 1 heterocycles. The molecule has 0 radical (unpaired) electrons. The van der Waals surface area contributed by atoms with E-state index in [9.17, 15) is 9.59 Å². The zero-order valence-corrected chi connectivity index (χ0v) is 16.6. The minimum atomic E-state index is -0.598. The fraction of sp³-hybridized carbons (Fsp3) is 0.318. The third-order valence-corrected chi connectivity index (χ3v) is 4.43. The van der Waals surface area contributed by atoms with E-state index in [0.717, 1.165) is 17.0 Å². The Balaban J connectivity index is 1.98. The third-order valence-electron chi connectivity index (χ3n) is 4.43. The number of benzene rings is 1. The van der Waals surface area contributed by atoms with Crippen LogP contribution in [-0.4, -0.2) is 36.6 Å². The van der Waals surface area contributed by atoms with E-state index in [1.165, 1.54) is 6.08 Å². The number of nitrogens with zero attached hydrogens (tertiary/aromatic N) is 2. The van der Waals surface area contributed by atoms with Crippen molar-refractivity contribution in [2.75, 3.05) is 20.3 Å². The van der Waals surface area contributed by atoms with Gasteiger partial charge in [-0.1, -0.05) is 12.1 Å². The lowest BCUT2D eigenvalue weighted by atomic mass is 10.1. The highest BCUT2D eigenvalue weighted by molar-refractivity contribution is 6.00. The van der Waals surface area contributed by atoms with Crippen molar-refractivity contribution in [1.82, 2.24) is 4.57 Å².